The molecular formula is C17H19ClN2O. The molecule has 21 heavy (non-hydrogen) atoms. The summed E-state index contributed by atoms with van der Waals surface area (Å²) in [5, 5.41) is 6.83. The molecule has 0 aromatic heterocycles. The highest BCUT2D eigenvalue weighted by Gasteiger charge is 2.02. The second-order valence-corrected chi connectivity index (χ2v) is 5.32. The molecule has 4 heteroatoms. The van der Waals surface area contributed by atoms with Crippen molar-refractivity contribution >= 4 is 23.2 Å². The van der Waals surface area contributed by atoms with Gasteiger partial charge in [-0.05, 0) is 42.3 Å². The first-order valence-electron chi connectivity index (χ1n) is 6.96. The minimum absolute atomic E-state index is 0.0414. The van der Waals surface area contributed by atoms with Crippen LogP contribution in [0.4, 0.5) is 5.69 Å². The largest absolute Gasteiger partial charge is 0.385 e. The van der Waals surface area contributed by atoms with E-state index in [4.69, 9.17) is 11.6 Å². The number of aryl methyl sites for hydroxylation is 1. The lowest BCUT2D eigenvalue weighted by atomic mass is 10.1. The molecule has 2 aromatic carbocycles. The first-order chi connectivity index (χ1) is 10.1. The zero-order valence-corrected chi connectivity index (χ0v) is 12.8. The van der Waals surface area contributed by atoms with E-state index in [2.05, 4.69) is 10.6 Å². The lowest BCUT2D eigenvalue weighted by molar-refractivity contribution is -0.121. The summed E-state index contributed by atoms with van der Waals surface area (Å²) >= 11 is 5.82. The third-order valence-electron chi connectivity index (χ3n) is 3.26. The Morgan fingerprint density at radius 2 is 1.81 bits per heavy atom. The molecule has 0 aliphatic carbocycles. The second kappa shape index (κ2) is 7.70. The number of amides is 1. The van der Waals surface area contributed by atoms with Crippen LogP contribution in [0.3, 0.4) is 0 Å². The van der Waals surface area contributed by atoms with Crippen LogP contribution in [-0.4, -0.2) is 12.5 Å². The van der Waals surface area contributed by atoms with E-state index in [0.29, 0.717) is 24.5 Å². The van der Waals surface area contributed by atoms with Gasteiger partial charge in [0, 0.05) is 30.2 Å². The van der Waals surface area contributed by atoms with Crippen LogP contribution >= 0.6 is 11.6 Å². The van der Waals surface area contributed by atoms with Gasteiger partial charge in [0.2, 0.25) is 5.91 Å². The first kappa shape index (κ1) is 15.4. The van der Waals surface area contributed by atoms with E-state index in [1.54, 1.807) is 0 Å². The van der Waals surface area contributed by atoms with E-state index in [1.807, 2.05) is 55.5 Å². The van der Waals surface area contributed by atoms with Crippen LogP contribution in [0.15, 0.2) is 48.5 Å². The summed E-state index contributed by atoms with van der Waals surface area (Å²) in [6.45, 7) is 3.22. The van der Waals surface area contributed by atoms with Gasteiger partial charge in [0.1, 0.15) is 0 Å². The number of rotatable bonds is 6. The van der Waals surface area contributed by atoms with Crippen LogP contribution in [0.1, 0.15) is 17.5 Å². The third kappa shape index (κ3) is 5.12. The minimum atomic E-state index is 0.0414. The zero-order valence-electron chi connectivity index (χ0n) is 12.0. The van der Waals surface area contributed by atoms with E-state index in [1.165, 1.54) is 5.56 Å². The van der Waals surface area contributed by atoms with Gasteiger partial charge in [-0.1, -0.05) is 35.9 Å². The van der Waals surface area contributed by atoms with Crippen molar-refractivity contribution in [3.05, 3.63) is 64.7 Å². The van der Waals surface area contributed by atoms with Crippen LogP contribution in [-0.2, 0) is 11.3 Å². The van der Waals surface area contributed by atoms with Gasteiger partial charge in [-0.3, -0.25) is 4.79 Å². The Kier molecular flexibility index (Phi) is 5.64. The Hall–Kier alpha value is -2.00. The molecule has 2 aromatic rings. The predicted octanol–water partition coefficient (Wildman–Crippen LogP) is 3.77. The Morgan fingerprint density at radius 1 is 1.10 bits per heavy atom. The summed E-state index contributed by atoms with van der Waals surface area (Å²) in [6, 6.07) is 15.5. The van der Waals surface area contributed by atoms with Gasteiger partial charge < -0.3 is 10.6 Å². The molecule has 3 nitrogen and oxygen atoms in total. The van der Waals surface area contributed by atoms with Crippen molar-refractivity contribution in [2.75, 3.05) is 11.9 Å². The average molecular weight is 303 g/mol. The first-order valence-corrected chi connectivity index (χ1v) is 7.33. The molecule has 1 amide bonds. The molecule has 2 rings (SSSR count). The second-order valence-electron chi connectivity index (χ2n) is 4.89. The molecule has 0 atom stereocenters. The number of anilines is 1. The number of carbonyl (C=O) groups excluding carboxylic acids is 1. The third-order valence-corrected chi connectivity index (χ3v) is 3.51. The minimum Gasteiger partial charge on any atom is -0.385 e. The van der Waals surface area contributed by atoms with Gasteiger partial charge in [0.15, 0.2) is 0 Å². The summed E-state index contributed by atoms with van der Waals surface area (Å²) in [5.41, 5.74) is 3.31. The Bertz CT molecular complexity index is 596. The van der Waals surface area contributed by atoms with Crippen LogP contribution < -0.4 is 10.6 Å². The summed E-state index contributed by atoms with van der Waals surface area (Å²) in [6.07, 6.45) is 0.439. The van der Waals surface area contributed by atoms with Crippen LogP contribution in [0.5, 0.6) is 0 Å². The monoisotopic (exact) mass is 302 g/mol. The van der Waals surface area contributed by atoms with E-state index >= 15 is 0 Å². The molecule has 0 aliphatic heterocycles. The Balaban J connectivity index is 1.70. The molecule has 110 valence electrons. The van der Waals surface area contributed by atoms with Crippen LogP contribution in [0.25, 0.3) is 0 Å². The number of halogens is 1. The van der Waals surface area contributed by atoms with Gasteiger partial charge in [-0.15, -0.1) is 0 Å². The lowest BCUT2D eigenvalue weighted by Crippen LogP contribution is -2.25. The van der Waals surface area contributed by atoms with Gasteiger partial charge in [0.05, 0.1) is 0 Å². The van der Waals surface area contributed by atoms with Crippen molar-refractivity contribution in [3.8, 4) is 0 Å². The van der Waals surface area contributed by atoms with Crippen molar-refractivity contribution < 1.29 is 4.79 Å². The fourth-order valence-corrected chi connectivity index (χ4v) is 2.10. The predicted molar refractivity (Wildman–Crippen MR) is 87.6 cm³/mol. The smallest absolute Gasteiger partial charge is 0.222 e. The number of hydrogen-bond acceptors (Lipinski definition) is 2. The topological polar surface area (TPSA) is 41.1 Å². The summed E-state index contributed by atoms with van der Waals surface area (Å²) < 4.78 is 0. The number of hydrogen-bond donors (Lipinski definition) is 2. The zero-order chi connectivity index (χ0) is 15.1. The van der Waals surface area contributed by atoms with E-state index in [-0.39, 0.29) is 5.91 Å². The summed E-state index contributed by atoms with van der Waals surface area (Å²) in [5.74, 6) is 0.0414. The quantitative estimate of drug-likeness (QED) is 0.853. The number of benzene rings is 2. The lowest BCUT2D eigenvalue weighted by Gasteiger charge is -2.09. The molecule has 0 heterocycles. The van der Waals surface area contributed by atoms with E-state index < -0.39 is 0 Å². The molecule has 0 saturated carbocycles. The van der Waals surface area contributed by atoms with Gasteiger partial charge in [-0.2, -0.15) is 0 Å². The molecule has 0 unspecified atom stereocenters. The van der Waals surface area contributed by atoms with Crippen molar-refractivity contribution in [1.29, 1.82) is 0 Å². The van der Waals surface area contributed by atoms with Gasteiger partial charge in [-0.25, -0.2) is 0 Å². The fraction of sp³-hybridized carbons (Fsp3) is 0.235. The Morgan fingerprint density at radius 3 is 2.52 bits per heavy atom. The fourth-order valence-electron chi connectivity index (χ4n) is 1.98. The van der Waals surface area contributed by atoms with Crippen molar-refractivity contribution in [1.82, 2.24) is 5.32 Å². The summed E-state index contributed by atoms with van der Waals surface area (Å²) in [4.78, 5) is 11.8. The van der Waals surface area contributed by atoms with E-state index in [0.717, 1.165) is 11.3 Å². The van der Waals surface area contributed by atoms with Crippen LogP contribution in [0, 0.1) is 6.92 Å². The van der Waals surface area contributed by atoms with Gasteiger partial charge >= 0.3 is 0 Å². The van der Waals surface area contributed by atoms with Gasteiger partial charge in [0.25, 0.3) is 0 Å². The maximum absolute atomic E-state index is 11.8. The molecule has 0 fully saturated rings. The van der Waals surface area contributed by atoms with Crippen LogP contribution in [0.2, 0.25) is 5.02 Å². The normalized spacial score (nSPS) is 10.2. The van der Waals surface area contributed by atoms with Crippen molar-refractivity contribution in [2.45, 2.75) is 19.9 Å². The van der Waals surface area contributed by atoms with Crippen molar-refractivity contribution in [3.63, 3.8) is 0 Å². The standard InChI is InChI=1S/C17H19ClN2O/c1-13-4-2-3-5-14(13)12-20-17(21)10-11-19-16-8-6-15(18)7-9-16/h2-9,19H,10-12H2,1H3,(H,20,21). The molecule has 0 saturated heterocycles. The maximum atomic E-state index is 11.8. The molecule has 0 bridgehead atoms. The maximum Gasteiger partial charge on any atom is 0.222 e. The highest BCUT2D eigenvalue weighted by molar-refractivity contribution is 6.30. The summed E-state index contributed by atoms with van der Waals surface area (Å²) in [7, 11) is 0. The molecular weight excluding hydrogens is 284 g/mol. The molecule has 0 aliphatic rings. The molecule has 2 N–H and O–H groups in total. The van der Waals surface area contributed by atoms with E-state index in [9.17, 15) is 4.79 Å². The Labute approximate surface area is 130 Å². The molecule has 0 spiro atoms. The highest BCUT2D eigenvalue weighted by Crippen LogP contribution is 2.13. The highest BCUT2D eigenvalue weighted by atomic mass is 35.5. The average Bonchev–Trinajstić information content (AvgIpc) is 2.48. The number of nitrogens with one attached hydrogen (secondary N) is 2. The SMILES string of the molecule is Cc1ccccc1CNC(=O)CCNc1ccc(Cl)cc1. The van der Waals surface area contributed by atoms with Crippen molar-refractivity contribution in [2.24, 2.45) is 0 Å². The molecule has 0 radical (unpaired) electrons. The number of carbonyl (C=O) groups is 1.